The second-order valence-corrected chi connectivity index (χ2v) is 6.11. The van der Waals surface area contributed by atoms with Crippen molar-refractivity contribution < 1.29 is 0 Å². The van der Waals surface area contributed by atoms with Crippen molar-refractivity contribution >= 4 is 15.9 Å². The lowest BCUT2D eigenvalue weighted by Gasteiger charge is -2.40. The van der Waals surface area contributed by atoms with Crippen molar-refractivity contribution in [1.82, 2.24) is 4.90 Å². The summed E-state index contributed by atoms with van der Waals surface area (Å²) in [6, 6.07) is 9.88. The summed E-state index contributed by atoms with van der Waals surface area (Å²) >= 11 is 3.50. The molecule has 3 heteroatoms. The van der Waals surface area contributed by atoms with E-state index in [4.69, 9.17) is 5.73 Å². The molecular formula is C15H23BrN2. The molecule has 100 valence electrons. The largest absolute Gasteiger partial charge is 0.330 e. The Morgan fingerprint density at radius 3 is 2.72 bits per heavy atom. The molecule has 1 aromatic rings. The maximum absolute atomic E-state index is 5.75. The van der Waals surface area contributed by atoms with Gasteiger partial charge in [0.25, 0.3) is 0 Å². The summed E-state index contributed by atoms with van der Waals surface area (Å²) in [7, 11) is 0. The van der Waals surface area contributed by atoms with Crippen molar-refractivity contribution in [3.8, 4) is 0 Å². The first-order chi connectivity index (χ1) is 8.72. The van der Waals surface area contributed by atoms with Crippen LogP contribution in [0.2, 0.25) is 0 Å². The van der Waals surface area contributed by atoms with Crippen LogP contribution in [-0.2, 0) is 0 Å². The summed E-state index contributed by atoms with van der Waals surface area (Å²) < 4.78 is 1.15. The van der Waals surface area contributed by atoms with E-state index < -0.39 is 0 Å². The SMILES string of the molecule is CC(c1ccc(Br)cc1)N1CCCCC1CCN. The van der Waals surface area contributed by atoms with E-state index in [1.807, 2.05) is 0 Å². The molecular weight excluding hydrogens is 288 g/mol. The zero-order valence-electron chi connectivity index (χ0n) is 11.1. The average Bonchev–Trinajstić information content (AvgIpc) is 2.40. The quantitative estimate of drug-likeness (QED) is 0.918. The van der Waals surface area contributed by atoms with E-state index in [9.17, 15) is 0 Å². The Labute approximate surface area is 119 Å². The van der Waals surface area contributed by atoms with Gasteiger partial charge in [-0.15, -0.1) is 0 Å². The number of piperidine rings is 1. The van der Waals surface area contributed by atoms with Gasteiger partial charge >= 0.3 is 0 Å². The fourth-order valence-corrected chi connectivity index (χ4v) is 3.23. The van der Waals surface area contributed by atoms with Gasteiger partial charge in [-0.05, 0) is 57.0 Å². The summed E-state index contributed by atoms with van der Waals surface area (Å²) in [5.74, 6) is 0. The molecule has 0 spiro atoms. The number of hydrogen-bond acceptors (Lipinski definition) is 2. The maximum atomic E-state index is 5.75. The van der Waals surface area contributed by atoms with Crippen molar-refractivity contribution in [2.24, 2.45) is 5.73 Å². The first-order valence-electron chi connectivity index (χ1n) is 6.93. The number of nitrogens with two attached hydrogens (primary N) is 1. The second kappa shape index (κ2) is 6.69. The normalized spacial score (nSPS) is 22.9. The number of benzene rings is 1. The molecule has 2 rings (SSSR count). The molecule has 1 fully saturated rings. The van der Waals surface area contributed by atoms with Gasteiger partial charge in [-0.25, -0.2) is 0 Å². The Balaban J connectivity index is 2.09. The summed E-state index contributed by atoms with van der Waals surface area (Å²) in [4.78, 5) is 2.64. The minimum absolute atomic E-state index is 0.495. The standard InChI is InChI=1S/C15H23BrN2/c1-12(13-5-7-14(16)8-6-13)18-11-3-2-4-15(18)9-10-17/h5-8,12,15H,2-4,9-11,17H2,1H3. The first-order valence-corrected chi connectivity index (χ1v) is 7.73. The fourth-order valence-electron chi connectivity index (χ4n) is 2.97. The summed E-state index contributed by atoms with van der Waals surface area (Å²) in [6.07, 6.45) is 5.11. The van der Waals surface area contributed by atoms with Crippen LogP contribution in [0.15, 0.2) is 28.7 Å². The van der Waals surface area contributed by atoms with Gasteiger partial charge in [0.1, 0.15) is 0 Å². The van der Waals surface area contributed by atoms with Crippen LogP contribution < -0.4 is 5.73 Å². The Kier molecular flexibility index (Phi) is 5.22. The van der Waals surface area contributed by atoms with Crippen LogP contribution in [0.4, 0.5) is 0 Å². The molecule has 0 bridgehead atoms. The van der Waals surface area contributed by atoms with Crippen LogP contribution in [0.3, 0.4) is 0 Å². The minimum Gasteiger partial charge on any atom is -0.330 e. The van der Waals surface area contributed by atoms with Crippen molar-refractivity contribution in [1.29, 1.82) is 0 Å². The van der Waals surface area contributed by atoms with E-state index in [-0.39, 0.29) is 0 Å². The van der Waals surface area contributed by atoms with Gasteiger partial charge in [0, 0.05) is 16.6 Å². The number of nitrogens with zero attached hydrogens (tertiary/aromatic N) is 1. The molecule has 1 heterocycles. The van der Waals surface area contributed by atoms with Crippen LogP contribution in [0.1, 0.15) is 44.2 Å². The van der Waals surface area contributed by atoms with E-state index in [0.717, 1.165) is 17.4 Å². The van der Waals surface area contributed by atoms with Crippen molar-refractivity contribution in [3.63, 3.8) is 0 Å². The zero-order chi connectivity index (χ0) is 13.0. The minimum atomic E-state index is 0.495. The van der Waals surface area contributed by atoms with Crippen molar-refractivity contribution in [2.75, 3.05) is 13.1 Å². The highest BCUT2D eigenvalue weighted by Crippen LogP contribution is 2.30. The van der Waals surface area contributed by atoms with Gasteiger partial charge in [-0.1, -0.05) is 34.5 Å². The van der Waals surface area contributed by atoms with Gasteiger partial charge in [0.15, 0.2) is 0 Å². The molecule has 1 saturated heterocycles. The highest BCUT2D eigenvalue weighted by molar-refractivity contribution is 9.10. The third-order valence-electron chi connectivity index (χ3n) is 4.02. The third-order valence-corrected chi connectivity index (χ3v) is 4.55. The lowest BCUT2D eigenvalue weighted by atomic mass is 9.95. The molecule has 1 aliphatic rings. The Hall–Kier alpha value is -0.380. The fraction of sp³-hybridized carbons (Fsp3) is 0.600. The van der Waals surface area contributed by atoms with Crippen molar-refractivity contribution in [3.05, 3.63) is 34.3 Å². The van der Waals surface area contributed by atoms with Crippen LogP contribution in [0.25, 0.3) is 0 Å². The smallest absolute Gasteiger partial charge is 0.0322 e. The van der Waals surface area contributed by atoms with Crippen LogP contribution >= 0.6 is 15.9 Å². The molecule has 0 amide bonds. The van der Waals surface area contributed by atoms with Gasteiger partial charge in [-0.3, -0.25) is 4.90 Å². The summed E-state index contributed by atoms with van der Waals surface area (Å²) in [5, 5.41) is 0. The number of likely N-dealkylation sites (tertiary alicyclic amines) is 1. The predicted molar refractivity (Wildman–Crippen MR) is 80.6 cm³/mol. The third kappa shape index (κ3) is 3.34. The van der Waals surface area contributed by atoms with Crippen LogP contribution in [0.5, 0.6) is 0 Å². The lowest BCUT2D eigenvalue weighted by Crippen LogP contribution is -2.42. The molecule has 18 heavy (non-hydrogen) atoms. The van der Waals surface area contributed by atoms with E-state index in [0.29, 0.717) is 12.1 Å². The van der Waals surface area contributed by atoms with Gasteiger partial charge in [-0.2, -0.15) is 0 Å². The van der Waals surface area contributed by atoms with Gasteiger partial charge in [0.05, 0.1) is 0 Å². The molecule has 0 radical (unpaired) electrons. The summed E-state index contributed by atoms with van der Waals surface area (Å²) in [6.45, 7) is 4.33. The average molecular weight is 311 g/mol. The maximum Gasteiger partial charge on any atom is 0.0322 e. The molecule has 0 saturated carbocycles. The molecule has 2 atom stereocenters. The highest BCUT2D eigenvalue weighted by atomic mass is 79.9. The van der Waals surface area contributed by atoms with E-state index in [1.165, 1.54) is 31.4 Å². The first kappa shape index (κ1) is 14.0. The van der Waals surface area contributed by atoms with E-state index >= 15 is 0 Å². The number of hydrogen-bond donors (Lipinski definition) is 1. The molecule has 0 aromatic heterocycles. The zero-order valence-corrected chi connectivity index (χ0v) is 12.7. The lowest BCUT2D eigenvalue weighted by molar-refractivity contribution is 0.0984. The number of halogens is 1. The molecule has 2 nitrogen and oxygen atoms in total. The van der Waals surface area contributed by atoms with Crippen LogP contribution in [0, 0.1) is 0 Å². The Morgan fingerprint density at radius 2 is 2.06 bits per heavy atom. The van der Waals surface area contributed by atoms with Crippen molar-refractivity contribution in [2.45, 2.75) is 44.7 Å². The summed E-state index contributed by atoms with van der Waals surface area (Å²) in [5.41, 5.74) is 7.15. The molecule has 2 unspecified atom stereocenters. The van der Waals surface area contributed by atoms with Crippen LogP contribution in [-0.4, -0.2) is 24.0 Å². The highest BCUT2D eigenvalue weighted by Gasteiger charge is 2.26. The van der Waals surface area contributed by atoms with Gasteiger partial charge in [0.2, 0.25) is 0 Å². The Bertz CT molecular complexity index is 361. The van der Waals surface area contributed by atoms with Gasteiger partial charge < -0.3 is 5.73 Å². The van der Waals surface area contributed by atoms with E-state index in [2.05, 4.69) is 52.0 Å². The molecule has 1 aromatic carbocycles. The number of rotatable bonds is 4. The molecule has 1 aliphatic heterocycles. The monoisotopic (exact) mass is 310 g/mol. The molecule has 0 aliphatic carbocycles. The molecule has 2 N–H and O–H groups in total. The topological polar surface area (TPSA) is 29.3 Å². The van der Waals surface area contributed by atoms with E-state index in [1.54, 1.807) is 0 Å². The predicted octanol–water partition coefficient (Wildman–Crippen LogP) is 3.71. The Morgan fingerprint density at radius 1 is 1.33 bits per heavy atom. The second-order valence-electron chi connectivity index (χ2n) is 5.19.